The third kappa shape index (κ3) is 3.39. The van der Waals surface area contributed by atoms with Crippen LogP contribution in [0.15, 0.2) is 18.3 Å². The van der Waals surface area contributed by atoms with E-state index in [0.29, 0.717) is 5.69 Å². The third-order valence-corrected chi connectivity index (χ3v) is 1.67. The molecule has 0 bridgehead atoms. The van der Waals surface area contributed by atoms with Crippen LogP contribution in [0.4, 0.5) is 13.2 Å². The molecule has 0 saturated carbocycles. The van der Waals surface area contributed by atoms with Gasteiger partial charge in [-0.2, -0.15) is 4.39 Å². The molecule has 0 fully saturated rings. The Morgan fingerprint density at radius 1 is 1.33 bits per heavy atom. The minimum absolute atomic E-state index is 0.0489. The minimum Gasteiger partial charge on any atom is -0.453 e. The number of rotatable bonds is 4. The second kappa shape index (κ2) is 4.97. The molecule has 0 radical (unpaired) electrons. The highest BCUT2D eigenvalue weighted by Gasteiger charge is 2.20. The summed E-state index contributed by atoms with van der Waals surface area (Å²) in [6, 6.07) is 2.58. The van der Waals surface area contributed by atoms with Crippen molar-refractivity contribution in [2.75, 3.05) is 0 Å². The molecule has 6 heteroatoms. The summed E-state index contributed by atoms with van der Waals surface area (Å²) in [6.07, 6.45) is -4.64. The highest BCUT2D eigenvalue weighted by atomic mass is 19.3. The lowest BCUT2D eigenvalue weighted by molar-refractivity contribution is -0.0670. The quantitative estimate of drug-likeness (QED) is 0.844. The van der Waals surface area contributed by atoms with Crippen LogP contribution in [0.2, 0.25) is 0 Å². The van der Waals surface area contributed by atoms with Crippen LogP contribution < -0.4 is 10.5 Å². The highest BCUT2D eigenvalue weighted by Crippen LogP contribution is 2.17. The van der Waals surface area contributed by atoms with Crippen molar-refractivity contribution in [2.24, 2.45) is 5.73 Å². The van der Waals surface area contributed by atoms with Gasteiger partial charge in [-0.1, -0.05) is 0 Å². The second-order valence-corrected chi connectivity index (χ2v) is 3.01. The lowest BCUT2D eigenvalue weighted by atomic mass is 10.2. The van der Waals surface area contributed by atoms with Gasteiger partial charge in [0.1, 0.15) is 5.75 Å². The molecule has 2 N–H and O–H groups in total. The first-order chi connectivity index (χ1) is 7.00. The monoisotopic (exact) mass is 220 g/mol. The van der Waals surface area contributed by atoms with E-state index < -0.39 is 12.8 Å². The van der Waals surface area contributed by atoms with Crippen LogP contribution in [-0.4, -0.2) is 17.8 Å². The van der Waals surface area contributed by atoms with Gasteiger partial charge in [0.15, 0.2) is 0 Å². The maximum absolute atomic E-state index is 12.4. The van der Waals surface area contributed by atoms with Gasteiger partial charge in [-0.3, -0.25) is 4.98 Å². The van der Waals surface area contributed by atoms with Gasteiger partial charge in [0.2, 0.25) is 0 Å². The molecule has 3 nitrogen and oxygen atoms in total. The predicted molar refractivity (Wildman–Crippen MR) is 48.4 cm³/mol. The Hall–Kier alpha value is -1.30. The van der Waals surface area contributed by atoms with Crippen molar-refractivity contribution in [2.45, 2.75) is 25.7 Å². The van der Waals surface area contributed by atoms with E-state index in [2.05, 4.69) is 9.72 Å². The molecule has 0 saturated heterocycles. The fraction of sp³-hybridized carbons (Fsp3) is 0.444. The summed E-state index contributed by atoms with van der Waals surface area (Å²) in [7, 11) is 0. The van der Waals surface area contributed by atoms with E-state index in [0.717, 1.165) is 6.20 Å². The summed E-state index contributed by atoms with van der Waals surface area (Å²) in [6.45, 7) is 1.72. The van der Waals surface area contributed by atoms with Crippen LogP contribution in [0.1, 0.15) is 18.7 Å². The smallest absolute Gasteiger partial charge is 0.304 e. The Kier molecular flexibility index (Phi) is 3.90. The zero-order valence-corrected chi connectivity index (χ0v) is 8.03. The summed E-state index contributed by atoms with van der Waals surface area (Å²) in [5.74, 6) is -0.0489. The highest BCUT2D eigenvalue weighted by molar-refractivity contribution is 5.21. The molecule has 1 heterocycles. The van der Waals surface area contributed by atoms with Crippen molar-refractivity contribution in [3.05, 3.63) is 24.0 Å². The molecule has 0 aliphatic carbocycles. The Balaban J connectivity index is 2.64. The van der Waals surface area contributed by atoms with Crippen LogP contribution in [0, 0.1) is 0 Å². The molecule has 84 valence electrons. The van der Waals surface area contributed by atoms with Crippen LogP contribution in [0.5, 0.6) is 5.75 Å². The van der Waals surface area contributed by atoms with Gasteiger partial charge in [-0.05, 0) is 19.1 Å². The van der Waals surface area contributed by atoms with E-state index in [1.165, 1.54) is 12.1 Å². The molecule has 0 aliphatic heterocycles. The number of pyridine rings is 1. The van der Waals surface area contributed by atoms with Crippen molar-refractivity contribution >= 4 is 0 Å². The number of ether oxygens (including phenoxy) is 1. The lowest BCUT2D eigenvalue weighted by Crippen LogP contribution is -2.19. The first kappa shape index (κ1) is 11.8. The fourth-order valence-corrected chi connectivity index (χ4v) is 0.912. The number of nitrogens with zero attached hydrogens (tertiary/aromatic N) is 1. The second-order valence-electron chi connectivity index (χ2n) is 3.01. The van der Waals surface area contributed by atoms with Crippen LogP contribution in [0.25, 0.3) is 0 Å². The van der Waals surface area contributed by atoms with Crippen LogP contribution in [-0.2, 0) is 0 Å². The molecular formula is C9H11F3N2O. The first-order valence-corrected chi connectivity index (χ1v) is 4.31. The number of aromatic nitrogens is 1. The molecular weight excluding hydrogens is 209 g/mol. The average molecular weight is 220 g/mol. The lowest BCUT2D eigenvalue weighted by Gasteiger charge is -2.10. The van der Waals surface area contributed by atoms with E-state index in [1.54, 1.807) is 6.92 Å². The maximum Gasteiger partial charge on any atom is 0.304 e. The molecule has 1 aromatic heterocycles. The molecule has 0 aromatic carbocycles. The largest absolute Gasteiger partial charge is 0.453 e. The summed E-state index contributed by atoms with van der Waals surface area (Å²) in [5, 5.41) is 0. The fourth-order valence-electron chi connectivity index (χ4n) is 0.912. The average Bonchev–Trinajstić information content (AvgIpc) is 2.18. The molecule has 1 unspecified atom stereocenters. The van der Waals surface area contributed by atoms with Gasteiger partial charge >= 0.3 is 6.43 Å². The van der Waals surface area contributed by atoms with E-state index >= 15 is 0 Å². The van der Waals surface area contributed by atoms with Gasteiger partial charge in [0.25, 0.3) is 6.36 Å². The van der Waals surface area contributed by atoms with E-state index in [4.69, 9.17) is 5.73 Å². The predicted octanol–water partition coefficient (Wildman–Crippen LogP) is 2.04. The maximum atomic E-state index is 12.4. The standard InChI is InChI=1S/C9H11F3N2O/c1-5(13)7-3-2-6(4-14-7)15-9(12)8(10)11/h2-5,8-9H,13H2,1H3/t5-,9?/m1/s1. The molecule has 0 spiro atoms. The van der Waals surface area contributed by atoms with Crippen molar-refractivity contribution in [1.29, 1.82) is 0 Å². The number of hydrogen-bond acceptors (Lipinski definition) is 3. The summed E-state index contributed by atoms with van der Waals surface area (Å²) in [4.78, 5) is 3.83. The topological polar surface area (TPSA) is 48.1 Å². The Morgan fingerprint density at radius 2 is 2.00 bits per heavy atom. The zero-order chi connectivity index (χ0) is 11.4. The van der Waals surface area contributed by atoms with E-state index in [1.807, 2.05) is 0 Å². The van der Waals surface area contributed by atoms with Gasteiger partial charge in [-0.25, -0.2) is 8.78 Å². The van der Waals surface area contributed by atoms with Gasteiger partial charge in [-0.15, -0.1) is 0 Å². The van der Waals surface area contributed by atoms with Crippen molar-refractivity contribution in [3.63, 3.8) is 0 Å². The normalized spacial score (nSPS) is 15.1. The molecule has 15 heavy (non-hydrogen) atoms. The van der Waals surface area contributed by atoms with Gasteiger partial charge < -0.3 is 10.5 Å². The molecule has 2 atom stereocenters. The van der Waals surface area contributed by atoms with Gasteiger partial charge in [0, 0.05) is 6.04 Å². The SMILES string of the molecule is C[C@@H](N)c1ccc(OC(F)C(F)F)cn1. The number of alkyl halides is 3. The minimum atomic E-state index is -3.17. The third-order valence-electron chi connectivity index (χ3n) is 1.67. The van der Waals surface area contributed by atoms with Crippen molar-refractivity contribution < 1.29 is 17.9 Å². The summed E-state index contributed by atoms with van der Waals surface area (Å²) in [5.41, 5.74) is 6.09. The Bertz CT molecular complexity index is 303. The Labute approximate surface area is 85.1 Å². The van der Waals surface area contributed by atoms with Crippen molar-refractivity contribution in [3.8, 4) is 5.75 Å². The molecule has 1 aromatic rings. The zero-order valence-electron chi connectivity index (χ0n) is 8.03. The number of hydrogen-bond donors (Lipinski definition) is 1. The first-order valence-electron chi connectivity index (χ1n) is 4.31. The Morgan fingerprint density at radius 3 is 2.40 bits per heavy atom. The van der Waals surface area contributed by atoms with Crippen LogP contribution >= 0.6 is 0 Å². The summed E-state index contributed by atoms with van der Waals surface area (Å²) >= 11 is 0. The number of nitrogens with two attached hydrogens (primary N) is 1. The van der Waals surface area contributed by atoms with E-state index in [-0.39, 0.29) is 11.8 Å². The summed E-state index contributed by atoms with van der Waals surface area (Å²) < 4.78 is 40.3. The molecule has 1 rings (SSSR count). The van der Waals surface area contributed by atoms with E-state index in [9.17, 15) is 13.2 Å². The van der Waals surface area contributed by atoms with Crippen LogP contribution in [0.3, 0.4) is 0 Å². The number of halogens is 3. The molecule has 0 amide bonds. The molecule has 0 aliphatic rings. The van der Waals surface area contributed by atoms with Gasteiger partial charge in [0.05, 0.1) is 11.9 Å². The van der Waals surface area contributed by atoms with Crippen molar-refractivity contribution in [1.82, 2.24) is 4.98 Å².